The summed E-state index contributed by atoms with van der Waals surface area (Å²) >= 11 is 0. The third kappa shape index (κ3) is 4.81. The highest BCUT2D eigenvalue weighted by atomic mass is 16.5. The van der Waals surface area contributed by atoms with Crippen LogP contribution < -0.4 is 10.6 Å². The van der Waals surface area contributed by atoms with Crippen LogP contribution in [0.5, 0.6) is 0 Å². The SMILES string of the molecule is CC(C)C(=O)Nc1ccc(C(=O)NC(C(=O)N2CC(C)[C@@H]3OCC(=O)C32)C2CCCC2)cc1. The van der Waals surface area contributed by atoms with Crippen LogP contribution in [0.25, 0.3) is 0 Å². The van der Waals surface area contributed by atoms with Crippen molar-refractivity contribution in [3.63, 3.8) is 0 Å². The van der Waals surface area contributed by atoms with E-state index in [1.165, 1.54) is 0 Å². The lowest BCUT2D eigenvalue weighted by Gasteiger charge is -2.30. The largest absolute Gasteiger partial charge is 0.367 e. The van der Waals surface area contributed by atoms with Gasteiger partial charge in [-0.3, -0.25) is 19.2 Å². The maximum atomic E-state index is 13.6. The molecular weight excluding hydrogens is 422 g/mol. The molecule has 1 aromatic carbocycles. The highest BCUT2D eigenvalue weighted by Gasteiger charge is 2.52. The lowest BCUT2D eigenvalue weighted by atomic mass is 9.95. The van der Waals surface area contributed by atoms with Gasteiger partial charge in [0.1, 0.15) is 18.7 Å². The monoisotopic (exact) mass is 455 g/mol. The number of rotatable bonds is 6. The second kappa shape index (κ2) is 9.63. The van der Waals surface area contributed by atoms with Crippen molar-refractivity contribution in [2.75, 3.05) is 18.5 Å². The van der Waals surface area contributed by atoms with Crippen molar-refractivity contribution in [1.29, 1.82) is 0 Å². The van der Waals surface area contributed by atoms with E-state index in [-0.39, 0.29) is 54.0 Å². The molecule has 33 heavy (non-hydrogen) atoms. The van der Waals surface area contributed by atoms with Gasteiger partial charge in [-0.15, -0.1) is 0 Å². The van der Waals surface area contributed by atoms with Gasteiger partial charge in [-0.25, -0.2) is 0 Å². The topological polar surface area (TPSA) is 105 Å². The summed E-state index contributed by atoms with van der Waals surface area (Å²) in [5, 5.41) is 5.77. The van der Waals surface area contributed by atoms with Crippen LogP contribution in [0.15, 0.2) is 24.3 Å². The van der Waals surface area contributed by atoms with Gasteiger partial charge in [-0.2, -0.15) is 0 Å². The minimum absolute atomic E-state index is 0.0452. The van der Waals surface area contributed by atoms with Gasteiger partial charge in [0.2, 0.25) is 11.8 Å². The zero-order valence-corrected chi connectivity index (χ0v) is 19.5. The number of likely N-dealkylation sites (tertiary alicyclic amines) is 1. The average molecular weight is 456 g/mol. The van der Waals surface area contributed by atoms with E-state index < -0.39 is 12.1 Å². The standard InChI is InChI=1S/C25H33N3O5/c1-14(2)23(30)26-18-10-8-17(9-11-18)24(31)27-20(16-6-4-5-7-16)25(32)28-12-15(3)22-21(28)19(29)13-33-22/h8-11,14-16,20-22H,4-7,12-13H2,1-3H3,(H,26,30)(H,27,31)/t15?,20?,21?,22-/m0/s1. The van der Waals surface area contributed by atoms with Gasteiger partial charge in [0.15, 0.2) is 5.78 Å². The Balaban J connectivity index is 1.49. The first-order valence-corrected chi connectivity index (χ1v) is 11.9. The highest BCUT2D eigenvalue weighted by molar-refractivity contribution is 6.00. The number of hydrogen-bond acceptors (Lipinski definition) is 5. The molecule has 4 atom stereocenters. The molecule has 3 fully saturated rings. The molecule has 3 amide bonds. The van der Waals surface area contributed by atoms with E-state index in [4.69, 9.17) is 4.74 Å². The number of nitrogens with zero attached hydrogens (tertiary/aromatic N) is 1. The molecule has 8 nitrogen and oxygen atoms in total. The third-order valence-electron chi connectivity index (χ3n) is 7.09. The number of nitrogens with one attached hydrogen (secondary N) is 2. The summed E-state index contributed by atoms with van der Waals surface area (Å²) in [5.74, 6) is -0.682. The molecule has 178 valence electrons. The third-order valence-corrected chi connectivity index (χ3v) is 7.09. The van der Waals surface area contributed by atoms with E-state index in [1.807, 2.05) is 20.8 Å². The number of ether oxygens (including phenoxy) is 1. The van der Waals surface area contributed by atoms with Crippen LogP contribution in [0.1, 0.15) is 56.8 Å². The molecule has 0 radical (unpaired) electrons. The molecule has 2 N–H and O–H groups in total. The zero-order valence-electron chi connectivity index (χ0n) is 19.5. The van der Waals surface area contributed by atoms with Gasteiger partial charge in [0.05, 0.1) is 6.10 Å². The quantitative estimate of drug-likeness (QED) is 0.685. The van der Waals surface area contributed by atoms with Crippen molar-refractivity contribution in [3.8, 4) is 0 Å². The van der Waals surface area contributed by atoms with Crippen LogP contribution in [0.3, 0.4) is 0 Å². The normalized spacial score (nSPS) is 25.9. The Kier molecular flexibility index (Phi) is 6.83. The second-order valence-corrected chi connectivity index (χ2v) is 9.87. The molecule has 1 aromatic rings. The summed E-state index contributed by atoms with van der Waals surface area (Å²) in [6.45, 7) is 6.12. The molecule has 0 bridgehead atoms. The van der Waals surface area contributed by atoms with Gasteiger partial charge in [0, 0.05) is 29.6 Å². The first-order valence-electron chi connectivity index (χ1n) is 11.9. The molecule has 2 saturated heterocycles. The van der Waals surface area contributed by atoms with Crippen molar-refractivity contribution in [3.05, 3.63) is 29.8 Å². The van der Waals surface area contributed by atoms with Gasteiger partial charge in [-0.1, -0.05) is 33.6 Å². The van der Waals surface area contributed by atoms with E-state index in [9.17, 15) is 19.2 Å². The second-order valence-electron chi connectivity index (χ2n) is 9.87. The Bertz CT molecular complexity index is 922. The summed E-state index contributed by atoms with van der Waals surface area (Å²) in [5.41, 5.74) is 1.03. The van der Waals surface area contributed by atoms with Crippen LogP contribution in [-0.2, 0) is 19.1 Å². The number of hydrogen-bond donors (Lipinski definition) is 2. The predicted octanol–water partition coefficient (Wildman–Crippen LogP) is 2.38. The van der Waals surface area contributed by atoms with E-state index in [1.54, 1.807) is 29.2 Å². The first-order chi connectivity index (χ1) is 15.8. The van der Waals surface area contributed by atoms with Crippen molar-refractivity contribution < 1.29 is 23.9 Å². The molecular formula is C25H33N3O5. The lowest BCUT2D eigenvalue weighted by Crippen LogP contribution is -2.54. The van der Waals surface area contributed by atoms with Gasteiger partial charge in [0.25, 0.3) is 5.91 Å². The van der Waals surface area contributed by atoms with Crippen LogP contribution in [-0.4, -0.2) is 59.7 Å². The van der Waals surface area contributed by atoms with Crippen LogP contribution in [0.4, 0.5) is 5.69 Å². The minimum atomic E-state index is -0.667. The molecule has 1 aliphatic carbocycles. The van der Waals surface area contributed by atoms with Crippen LogP contribution >= 0.6 is 0 Å². The number of ketones is 1. The molecule has 8 heteroatoms. The molecule has 0 aromatic heterocycles. The number of Topliss-reactive ketones (excluding diaryl/α,β-unsaturated/α-hetero) is 1. The smallest absolute Gasteiger partial charge is 0.251 e. The number of anilines is 1. The number of carbonyl (C=O) groups is 4. The Hall–Kier alpha value is -2.74. The van der Waals surface area contributed by atoms with Gasteiger partial charge in [-0.05, 0) is 43.0 Å². The predicted molar refractivity (Wildman–Crippen MR) is 123 cm³/mol. The van der Waals surface area contributed by atoms with Crippen molar-refractivity contribution in [2.24, 2.45) is 17.8 Å². The van der Waals surface area contributed by atoms with Crippen molar-refractivity contribution >= 4 is 29.2 Å². The number of carbonyl (C=O) groups excluding carboxylic acids is 4. The molecule has 1 saturated carbocycles. The molecule has 4 rings (SSSR count). The molecule has 3 aliphatic rings. The fourth-order valence-electron chi connectivity index (χ4n) is 5.19. The van der Waals surface area contributed by atoms with Gasteiger partial charge < -0.3 is 20.3 Å². The fourth-order valence-corrected chi connectivity index (χ4v) is 5.19. The number of amides is 3. The average Bonchev–Trinajstić information content (AvgIpc) is 3.52. The summed E-state index contributed by atoms with van der Waals surface area (Å²) in [6.07, 6.45) is 3.55. The maximum absolute atomic E-state index is 13.6. The fraction of sp³-hybridized carbons (Fsp3) is 0.600. The number of benzene rings is 1. The van der Waals surface area contributed by atoms with Crippen molar-refractivity contribution in [1.82, 2.24) is 10.2 Å². The maximum Gasteiger partial charge on any atom is 0.251 e. The molecule has 2 heterocycles. The Morgan fingerprint density at radius 1 is 1.09 bits per heavy atom. The Morgan fingerprint density at radius 2 is 1.76 bits per heavy atom. The minimum Gasteiger partial charge on any atom is -0.367 e. The first kappa shape index (κ1) is 23.4. The molecule has 3 unspecified atom stereocenters. The van der Waals surface area contributed by atoms with Crippen LogP contribution in [0.2, 0.25) is 0 Å². The van der Waals surface area contributed by atoms with E-state index >= 15 is 0 Å². The summed E-state index contributed by atoms with van der Waals surface area (Å²) in [7, 11) is 0. The molecule has 0 spiro atoms. The molecule has 2 aliphatic heterocycles. The summed E-state index contributed by atoms with van der Waals surface area (Å²) in [4.78, 5) is 52.6. The van der Waals surface area contributed by atoms with Gasteiger partial charge >= 0.3 is 0 Å². The highest BCUT2D eigenvalue weighted by Crippen LogP contribution is 2.34. The summed E-state index contributed by atoms with van der Waals surface area (Å²) in [6, 6.07) is 5.44. The lowest BCUT2D eigenvalue weighted by molar-refractivity contribution is -0.139. The van der Waals surface area contributed by atoms with E-state index in [0.717, 1.165) is 25.7 Å². The number of fused-ring (bicyclic) bond motifs is 1. The van der Waals surface area contributed by atoms with E-state index in [0.29, 0.717) is 17.8 Å². The van der Waals surface area contributed by atoms with E-state index in [2.05, 4.69) is 10.6 Å². The summed E-state index contributed by atoms with van der Waals surface area (Å²) < 4.78 is 5.63. The Morgan fingerprint density at radius 3 is 2.39 bits per heavy atom. The van der Waals surface area contributed by atoms with Crippen molar-refractivity contribution in [2.45, 2.75) is 64.6 Å². The van der Waals surface area contributed by atoms with Crippen LogP contribution in [0, 0.1) is 17.8 Å². The Labute approximate surface area is 194 Å². The zero-order chi connectivity index (χ0) is 23.7.